The number of hydrogen-bond donors (Lipinski definition) is 0. The van der Waals surface area contributed by atoms with Gasteiger partial charge in [0, 0.05) is 41.0 Å². The summed E-state index contributed by atoms with van der Waals surface area (Å²) >= 11 is 6.32. The molecule has 2 aromatic carbocycles. The predicted octanol–water partition coefficient (Wildman–Crippen LogP) is 6.62. The maximum absolute atomic E-state index is 13.3. The van der Waals surface area contributed by atoms with Gasteiger partial charge >= 0.3 is 6.18 Å². The first-order valence-corrected chi connectivity index (χ1v) is 11.9. The Morgan fingerprint density at radius 1 is 0.973 bits per heavy atom. The average Bonchev–Trinajstić information content (AvgIpc) is 3.33. The van der Waals surface area contributed by atoms with Crippen LogP contribution in [0, 0.1) is 0 Å². The molecule has 0 bridgehead atoms. The Morgan fingerprint density at radius 2 is 1.70 bits per heavy atom. The molecule has 5 rings (SSSR count). The molecule has 0 spiro atoms. The Balaban J connectivity index is 1.52. The lowest BCUT2D eigenvalue weighted by atomic mass is 10.1. The van der Waals surface area contributed by atoms with Crippen molar-refractivity contribution in [2.75, 3.05) is 0 Å². The normalized spacial score (nSPS) is 12.0. The monoisotopic (exact) mass is 523 g/mol. The van der Waals surface area contributed by atoms with Gasteiger partial charge in [0.2, 0.25) is 0 Å². The van der Waals surface area contributed by atoms with Crippen LogP contribution in [-0.2, 0) is 12.7 Å². The van der Waals surface area contributed by atoms with Gasteiger partial charge in [0.05, 0.1) is 11.6 Å². The fraction of sp³-hybridized carbons (Fsp3) is 0.185. The van der Waals surface area contributed by atoms with Crippen LogP contribution in [0.25, 0.3) is 33.8 Å². The van der Waals surface area contributed by atoms with Gasteiger partial charge in [-0.25, -0.2) is 15.0 Å². The number of pyridine rings is 1. The SMILES string of the molecule is CC(C)n1cc(C(F)(F)F)nc1-c1ccc(Cn2c(=O)ccc3cnc(-c4ccccc4Cl)nc32)cc1. The fourth-order valence-electron chi connectivity index (χ4n) is 4.08. The number of halogens is 4. The van der Waals surface area contributed by atoms with Crippen molar-refractivity contribution in [3.63, 3.8) is 0 Å². The standard InChI is InChI=1S/C27H21ClF3N5O/c1-16(2)35-15-22(27(29,30)31)33-25(35)18-9-7-17(8-10-18)14-36-23(37)12-11-19-13-32-24(34-26(19)36)20-5-3-4-6-21(20)28/h3-13,15-16H,14H2,1-2H3. The second-order valence-corrected chi connectivity index (χ2v) is 9.26. The molecule has 0 aliphatic heterocycles. The molecule has 6 nitrogen and oxygen atoms in total. The summed E-state index contributed by atoms with van der Waals surface area (Å²) in [4.78, 5) is 25.7. The van der Waals surface area contributed by atoms with Crippen LogP contribution in [0.4, 0.5) is 13.2 Å². The summed E-state index contributed by atoms with van der Waals surface area (Å²) in [6, 6.07) is 17.0. The lowest BCUT2D eigenvalue weighted by molar-refractivity contribution is -0.140. The first-order chi connectivity index (χ1) is 17.6. The molecule has 3 aromatic heterocycles. The highest BCUT2D eigenvalue weighted by Gasteiger charge is 2.35. The molecule has 10 heteroatoms. The van der Waals surface area contributed by atoms with E-state index in [2.05, 4.69) is 15.0 Å². The number of aromatic nitrogens is 5. The van der Waals surface area contributed by atoms with Crippen LogP contribution in [0.3, 0.4) is 0 Å². The van der Waals surface area contributed by atoms with Crippen molar-refractivity contribution in [3.05, 3.63) is 99.7 Å². The van der Waals surface area contributed by atoms with Gasteiger partial charge in [-0.05, 0) is 37.6 Å². The van der Waals surface area contributed by atoms with E-state index >= 15 is 0 Å². The number of imidazole rings is 1. The summed E-state index contributed by atoms with van der Waals surface area (Å²) in [5.41, 5.74) is 1.24. The molecule has 5 aromatic rings. The minimum Gasteiger partial charge on any atom is -0.328 e. The first kappa shape index (κ1) is 24.7. The van der Waals surface area contributed by atoms with E-state index in [-0.39, 0.29) is 24.0 Å². The van der Waals surface area contributed by atoms with Crippen LogP contribution in [0.2, 0.25) is 5.02 Å². The third kappa shape index (κ3) is 4.86. The molecule has 0 fully saturated rings. The van der Waals surface area contributed by atoms with E-state index in [0.29, 0.717) is 33.0 Å². The maximum Gasteiger partial charge on any atom is 0.434 e. The Bertz CT molecular complexity index is 1660. The van der Waals surface area contributed by atoms with Gasteiger partial charge in [-0.1, -0.05) is 48.0 Å². The van der Waals surface area contributed by atoms with Crippen molar-refractivity contribution in [1.82, 2.24) is 24.1 Å². The molecule has 0 amide bonds. The largest absolute Gasteiger partial charge is 0.434 e. The molecule has 37 heavy (non-hydrogen) atoms. The van der Waals surface area contributed by atoms with E-state index in [4.69, 9.17) is 11.6 Å². The quantitative estimate of drug-likeness (QED) is 0.259. The number of hydrogen-bond acceptors (Lipinski definition) is 4. The van der Waals surface area contributed by atoms with Crippen LogP contribution < -0.4 is 5.56 Å². The zero-order valence-electron chi connectivity index (χ0n) is 19.9. The Hall–Kier alpha value is -3.98. The van der Waals surface area contributed by atoms with Crippen molar-refractivity contribution in [2.24, 2.45) is 0 Å². The zero-order valence-corrected chi connectivity index (χ0v) is 20.6. The molecule has 188 valence electrons. The highest BCUT2D eigenvalue weighted by atomic mass is 35.5. The van der Waals surface area contributed by atoms with Gasteiger partial charge < -0.3 is 4.57 Å². The molecule has 0 saturated heterocycles. The van der Waals surface area contributed by atoms with Crippen molar-refractivity contribution in [3.8, 4) is 22.8 Å². The lowest BCUT2D eigenvalue weighted by Crippen LogP contribution is -2.21. The summed E-state index contributed by atoms with van der Waals surface area (Å²) < 4.78 is 42.8. The van der Waals surface area contributed by atoms with Crippen molar-refractivity contribution < 1.29 is 13.2 Å². The molecule has 0 aliphatic carbocycles. The highest BCUT2D eigenvalue weighted by Crippen LogP contribution is 2.32. The smallest absolute Gasteiger partial charge is 0.328 e. The Labute approximate surface area is 215 Å². The van der Waals surface area contributed by atoms with Crippen molar-refractivity contribution in [1.29, 1.82) is 0 Å². The molecule has 0 atom stereocenters. The molecule has 0 N–H and O–H groups in total. The number of nitrogens with zero attached hydrogens (tertiary/aromatic N) is 5. The fourth-order valence-corrected chi connectivity index (χ4v) is 4.30. The average molecular weight is 524 g/mol. The van der Waals surface area contributed by atoms with Gasteiger partial charge in [0.15, 0.2) is 11.5 Å². The second-order valence-electron chi connectivity index (χ2n) is 8.86. The summed E-state index contributed by atoms with van der Waals surface area (Å²) in [6.07, 6.45) is -1.86. The zero-order chi connectivity index (χ0) is 26.3. The lowest BCUT2D eigenvalue weighted by Gasteiger charge is -2.13. The summed E-state index contributed by atoms with van der Waals surface area (Å²) in [7, 11) is 0. The minimum atomic E-state index is -4.53. The molecular weight excluding hydrogens is 503 g/mol. The van der Waals surface area contributed by atoms with Crippen molar-refractivity contribution >= 4 is 22.6 Å². The Kier molecular flexibility index (Phi) is 6.33. The minimum absolute atomic E-state index is 0.209. The topological polar surface area (TPSA) is 65.6 Å². The number of alkyl halides is 3. The summed E-state index contributed by atoms with van der Waals surface area (Å²) in [6.45, 7) is 3.80. The van der Waals surface area contributed by atoms with E-state index in [0.717, 1.165) is 11.8 Å². The van der Waals surface area contributed by atoms with Crippen LogP contribution in [0.5, 0.6) is 0 Å². The van der Waals surface area contributed by atoms with Gasteiger partial charge in [-0.3, -0.25) is 9.36 Å². The molecule has 0 radical (unpaired) electrons. The molecule has 0 saturated carbocycles. The molecule has 0 unspecified atom stereocenters. The molecular formula is C27H21ClF3N5O. The molecule has 3 heterocycles. The third-order valence-electron chi connectivity index (χ3n) is 5.97. The second kappa shape index (κ2) is 9.48. The number of rotatable bonds is 5. The van der Waals surface area contributed by atoms with E-state index in [9.17, 15) is 18.0 Å². The van der Waals surface area contributed by atoms with E-state index in [1.807, 2.05) is 12.1 Å². The number of fused-ring (bicyclic) bond motifs is 1. The summed E-state index contributed by atoms with van der Waals surface area (Å²) in [5, 5.41) is 1.18. The van der Waals surface area contributed by atoms with Gasteiger partial charge in [0.1, 0.15) is 11.5 Å². The van der Waals surface area contributed by atoms with Crippen LogP contribution in [0.1, 0.15) is 31.1 Å². The number of benzene rings is 2. The van der Waals surface area contributed by atoms with E-state index in [1.54, 1.807) is 62.5 Å². The maximum atomic E-state index is 13.3. The van der Waals surface area contributed by atoms with Crippen LogP contribution in [-0.4, -0.2) is 24.1 Å². The van der Waals surface area contributed by atoms with Crippen LogP contribution >= 0.6 is 11.6 Å². The van der Waals surface area contributed by atoms with Crippen molar-refractivity contribution in [2.45, 2.75) is 32.6 Å². The third-order valence-corrected chi connectivity index (χ3v) is 6.30. The highest BCUT2D eigenvalue weighted by molar-refractivity contribution is 6.33. The van der Waals surface area contributed by atoms with E-state index in [1.165, 1.54) is 15.2 Å². The summed E-state index contributed by atoms with van der Waals surface area (Å²) in [5.74, 6) is 0.627. The van der Waals surface area contributed by atoms with Gasteiger partial charge in [-0.15, -0.1) is 0 Å². The van der Waals surface area contributed by atoms with Crippen LogP contribution in [0.15, 0.2) is 77.9 Å². The Morgan fingerprint density at radius 3 is 2.38 bits per heavy atom. The predicted molar refractivity (Wildman–Crippen MR) is 136 cm³/mol. The van der Waals surface area contributed by atoms with Gasteiger partial charge in [-0.2, -0.15) is 13.2 Å². The van der Waals surface area contributed by atoms with E-state index < -0.39 is 11.9 Å². The first-order valence-electron chi connectivity index (χ1n) is 11.5. The van der Waals surface area contributed by atoms with Gasteiger partial charge in [0.25, 0.3) is 5.56 Å². The molecule has 0 aliphatic rings.